The van der Waals surface area contributed by atoms with Gasteiger partial charge in [-0.3, -0.25) is 0 Å². The minimum absolute atomic E-state index is 0.131. The maximum absolute atomic E-state index is 14.4. The molecular formula is C26H19FO4. The van der Waals surface area contributed by atoms with Crippen molar-refractivity contribution in [2.75, 3.05) is 0 Å². The number of carbonyl (C=O) groups is 2. The van der Waals surface area contributed by atoms with Gasteiger partial charge in [-0.1, -0.05) is 43.5 Å². The second-order valence-corrected chi connectivity index (χ2v) is 7.09. The minimum Gasteiger partial charge on any atom is -0.423 e. The van der Waals surface area contributed by atoms with Gasteiger partial charge in [0.2, 0.25) is 0 Å². The first kappa shape index (κ1) is 20.3. The normalized spacial score (nSPS) is 11.6. The Bertz CT molecular complexity index is 1230. The van der Waals surface area contributed by atoms with E-state index >= 15 is 0 Å². The first-order chi connectivity index (χ1) is 15.0. The van der Waals surface area contributed by atoms with Crippen LogP contribution in [0, 0.1) is 5.82 Å². The predicted molar refractivity (Wildman–Crippen MR) is 116 cm³/mol. The molecule has 0 saturated heterocycles. The van der Waals surface area contributed by atoms with E-state index in [-0.39, 0.29) is 5.75 Å². The van der Waals surface area contributed by atoms with E-state index in [1.807, 2.05) is 30.3 Å². The van der Waals surface area contributed by atoms with Crippen molar-refractivity contribution in [1.29, 1.82) is 0 Å². The Hall–Kier alpha value is -3.99. The fourth-order valence-electron chi connectivity index (χ4n) is 3.69. The fourth-order valence-corrected chi connectivity index (χ4v) is 3.69. The van der Waals surface area contributed by atoms with Gasteiger partial charge in [0.25, 0.3) is 0 Å². The van der Waals surface area contributed by atoms with Crippen molar-refractivity contribution in [1.82, 2.24) is 0 Å². The molecule has 0 spiro atoms. The van der Waals surface area contributed by atoms with E-state index in [1.54, 1.807) is 12.1 Å². The number of fused-ring (bicyclic) bond motifs is 3. The number of benzene rings is 3. The number of halogens is 1. The zero-order valence-corrected chi connectivity index (χ0v) is 16.7. The summed E-state index contributed by atoms with van der Waals surface area (Å²) in [6.45, 7) is 6.72. The molecule has 154 valence electrons. The van der Waals surface area contributed by atoms with Crippen LogP contribution in [-0.4, -0.2) is 11.9 Å². The second-order valence-electron chi connectivity index (χ2n) is 7.09. The molecule has 0 aliphatic heterocycles. The van der Waals surface area contributed by atoms with Gasteiger partial charge in [0.15, 0.2) is 11.6 Å². The molecule has 0 heterocycles. The summed E-state index contributed by atoms with van der Waals surface area (Å²) in [6, 6.07) is 16.1. The topological polar surface area (TPSA) is 52.6 Å². The Labute approximate surface area is 179 Å². The molecule has 0 atom stereocenters. The molecule has 5 heteroatoms. The number of ether oxygens (including phenoxy) is 2. The molecule has 31 heavy (non-hydrogen) atoms. The average Bonchev–Trinajstić information content (AvgIpc) is 2.79. The van der Waals surface area contributed by atoms with Crippen LogP contribution in [0.3, 0.4) is 0 Å². The summed E-state index contributed by atoms with van der Waals surface area (Å²) < 4.78 is 24.5. The largest absolute Gasteiger partial charge is 0.423 e. The van der Waals surface area contributed by atoms with Crippen molar-refractivity contribution in [2.24, 2.45) is 0 Å². The van der Waals surface area contributed by atoms with Crippen molar-refractivity contribution in [2.45, 2.75) is 12.8 Å². The molecule has 0 saturated carbocycles. The molecule has 1 aliphatic rings. The molecule has 1 aliphatic carbocycles. The fraction of sp³-hybridized carbons (Fsp3) is 0.0769. The Morgan fingerprint density at radius 3 is 2.03 bits per heavy atom. The van der Waals surface area contributed by atoms with Crippen molar-refractivity contribution in [3.63, 3.8) is 0 Å². The highest BCUT2D eigenvalue weighted by atomic mass is 19.1. The van der Waals surface area contributed by atoms with Gasteiger partial charge >= 0.3 is 11.9 Å². The quantitative estimate of drug-likeness (QED) is 0.317. The van der Waals surface area contributed by atoms with Crippen LogP contribution in [0.1, 0.15) is 11.1 Å². The van der Waals surface area contributed by atoms with Gasteiger partial charge < -0.3 is 9.47 Å². The maximum atomic E-state index is 14.4. The molecule has 0 fully saturated rings. The summed E-state index contributed by atoms with van der Waals surface area (Å²) in [4.78, 5) is 22.7. The summed E-state index contributed by atoms with van der Waals surface area (Å²) in [5.74, 6) is -1.44. The van der Waals surface area contributed by atoms with E-state index in [0.29, 0.717) is 11.3 Å². The van der Waals surface area contributed by atoms with Gasteiger partial charge in [0.1, 0.15) is 5.75 Å². The van der Waals surface area contributed by atoms with E-state index < -0.39 is 17.8 Å². The average molecular weight is 414 g/mol. The number of hydrogen-bond donors (Lipinski definition) is 0. The van der Waals surface area contributed by atoms with Gasteiger partial charge in [0.05, 0.1) is 0 Å². The molecule has 0 aromatic heterocycles. The van der Waals surface area contributed by atoms with Crippen LogP contribution in [-0.2, 0) is 22.4 Å². The lowest BCUT2D eigenvalue weighted by atomic mass is 9.84. The van der Waals surface area contributed by atoms with Crippen molar-refractivity contribution < 1.29 is 23.5 Å². The van der Waals surface area contributed by atoms with E-state index in [2.05, 4.69) is 13.2 Å². The highest BCUT2D eigenvalue weighted by Gasteiger charge is 2.18. The Balaban J connectivity index is 1.63. The standard InChI is InChI=1S/C26H19FO4/c1-3-25(28)30-20-9-11-22-19(14-20)6-5-18-13-16(7-10-21(18)22)17-8-12-24(23(27)15-17)31-26(29)4-2/h3-4,7-15H,1-2,5-6H2. The lowest BCUT2D eigenvalue weighted by Crippen LogP contribution is -2.07. The molecule has 0 amide bonds. The summed E-state index contributed by atoms with van der Waals surface area (Å²) in [7, 11) is 0. The Morgan fingerprint density at radius 1 is 0.774 bits per heavy atom. The van der Waals surface area contributed by atoms with Crippen LogP contribution in [0.2, 0.25) is 0 Å². The van der Waals surface area contributed by atoms with Crippen LogP contribution in [0.5, 0.6) is 11.5 Å². The SMILES string of the molecule is C=CC(=O)Oc1ccc2c(c1)CCc1cc(-c3ccc(OC(=O)C=C)c(F)c3)ccc1-2. The van der Waals surface area contributed by atoms with E-state index in [1.165, 1.54) is 12.1 Å². The maximum Gasteiger partial charge on any atom is 0.335 e. The first-order valence-corrected chi connectivity index (χ1v) is 9.73. The van der Waals surface area contributed by atoms with Crippen molar-refractivity contribution in [3.8, 4) is 33.8 Å². The van der Waals surface area contributed by atoms with Crippen LogP contribution in [0.15, 0.2) is 79.9 Å². The number of carbonyl (C=O) groups excluding carboxylic acids is 2. The third kappa shape index (κ3) is 4.16. The number of aryl methyl sites for hydroxylation is 2. The minimum atomic E-state index is -0.707. The molecule has 4 rings (SSSR count). The third-order valence-electron chi connectivity index (χ3n) is 5.16. The zero-order valence-electron chi connectivity index (χ0n) is 16.7. The molecule has 3 aromatic carbocycles. The first-order valence-electron chi connectivity index (χ1n) is 9.73. The van der Waals surface area contributed by atoms with Gasteiger partial charge in [-0.25, -0.2) is 14.0 Å². The summed E-state index contributed by atoms with van der Waals surface area (Å²) in [6.07, 6.45) is 3.73. The smallest absolute Gasteiger partial charge is 0.335 e. The molecule has 4 nitrogen and oxygen atoms in total. The van der Waals surface area contributed by atoms with Crippen molar-refractivity contribution in [3.05, 3.63) is 96.9 Å². The Kier molecular flexibility index (Phi) is 5.50. The van der Waals surface area contributed by atoms with Crippen LogP contribution >= 0.6 is 0 Å². The zero-order chi connectivity index (χ0) is 22.0. The summed E-state index contributed by atoms with van der Waals surface area (Å²) in [5.41, 5.74) is 6.01. The highest BCUT2D eigenvalue weighted by Crippen LogP contribution is 2.38. The predicted octanol–water partition coefficient (Wildman–Crippen LogP) is 5.44. The number of esters is 2. The van der Waals surface area contributed by atoms with Crippen LogP contribution in [0.25, 0.3) is 22.3 Å². The van der Waals surface area contributed by atoms with Gasteiger partial charge in [0, 0.05) is 12.2 Å². The van der Waals surface area contributed by atoms with Crippen LogP contribution in [0.4, 0.5) is 4.39 Å². The third-order valence-corrected chi connectivity index (χ3v) is 5.16. The van der Waals surface area contributed by atoms with Gasteiger partial charge in [-0.05, 0) is 70.5 Å². The Morgan fingerprint density at radius 2 is 1.35 bits per heavy atom. The number of hydrogen-bond acceptors (Lipinski definition) is 4. The van der Waals surface area contributed by atoms with E-state index in [0.717, 1.165) is 52.8 Å². The van der Waals surface area contributed by atoms with Crippen molar-refractivity contribution >= 4 is 11.9 Å². The lowest BCUT2D eigenvalue weighted by Gasteiger charge is -2.21. The van der Waals surface area contributed by atoms with E-state index in [4.69, 9.17) is 9.47 Å². The highest BCUT2D eigenvalue weighted by molar-refractivity contribution is 5.84. The number of rotatable bonds is 5. The molecule has 0 unspecified atom stereocenters. The summed E-state index contributed by atoms with van der Waals surface area (Å²) >= 11 is 0. The van der Waals surface area contributed by atoms with Gasteiger partial charge in [-0.15, -0.1) is 0 Å². The van der Waals surface area contributed by atoms with E-state index in [9.17, 15) is 14.0 Å². The monoisotopic (exact) mass is 414 g/mol. The molecule has 0 N–H and O–H groups in total. The molecular weight excluding hydrogens is 395 g/mol. The summed E-state index contributed by atoms with van der Waals surface area (Å²) in [5, 5.41) is 0. The second kappa shape index (κ2) is 8.40. The molecule has 3 aromatic rings. The molecule has 0 bridgehead atoms. The van der Waals surface area contributed by atoms with Gasteiger partial charge in [-0.2, -0.15) is 0 Å². The van der Waals surface area contributed by atoms with Crippen LogP contribution < -0.4 is 9.47 Å². The molecule has 0 radical (unpaired) electrons. The lowest BCUT2D eigenvalue weighted by molar-refractivity contribution is -0.130.